The summed E-state index contributed by atoms with van der Waals surface area (Å²) < 4.78 is 11.0. The van der Waals surface area contributed by atoms with Crippen molar-refractivity contribution in [3.8, 4) is 11.6 Å². The molecule has 0 spiro atoms. The number of rotatable bonds is 8. The van der Waals surface area contributed by atoms with E-state index in [2.05, 4.69) is 15.3 Å². The summed E-state index contributed by atoms with van der Waals surface area (Å²) in [5.41, 5.74) is 0.936. The topological polar surface area (TPSA) is 93.6 Å². The third-order valence-corrected chi connectivity index (χ3v) is 5.53. The molecule has 1 fully saturated rings. The minimum Gasteiger partial charge on any atom is -0.497 e. The SMILES string of the molecule is COc1ccc(C(=O)c2cccnc2NCC(=O)N2CCC(Oc3ccccn3)CC2)cc1. The molecule has 0 saturated carbocycles. The third kappa shape index (κ3) is 5.65. The van der Waals surface area contributed by atoms with Crippen molar-refractivity contribution in [1.29, 1.82) is 0 Å². The van der Waals surface area contributed by atoms with E-state index in [1.54, 1.807) is 60.8 Å². The maximum Gasteiger partial charge on any atom is 0.241 e. The van der Waals surface area contributed by atoms with E-state index in [9.17, 15) is 9.59 Å². The number of carbonyl (C=O) groups excluding carboxylic acids is 2. The fourth-order valence-corrected chi connectivity index (χ4v) is 3.71. The molecule has 0 atom stereocenters. The Bertz CT molecular complexity index is 1080. The van der Waals surface area contributed by atoms with Gasteiger partial charge in [-0.2, -0.15) is 0 Å². The van der Waals surface area contributed by atoms with Crippen molar-refractivity contribution in [2.24, 2.45) is 0 Å². The van der Waals surface area contributed by atoms with Crippen molar-refractivity contribution < 1.29 is 19.1 Å². The molecule has 1 aliphatic rings. The number of methoxy groups -OCH3 is 1. The molecule has 0 unspecified atom stereocenters. The molecule has 8 nitrogen and oxygen atoms in total. The molecule has 8 heteroatoms. The van der Waals surface area contributed by atoms with E-state index in [1.807, 2.05) is 18.2 Å². The van der Waals surface area contributed by atoms with Crippen molar-refractivity contribution in [3.05, 3.63) is 78.1 Å². The third-order valence-electron chi connectivity index (χ3n) is 5.53. The minimum atomic E-state index is -0.173. The van der Waals surface area contributed by atoms with Gasteiger partial charge in [0.1, 0.15) is 17.7 Å². The van der Waals surface area contributed by atoms with Gasteiger partial charge in [0.05, 0.1) is 19.2 Å². The fraction of sp³-hybridized carbons (Fsp3) is 0.280. The van der Waals surface area contributed by atoms with E-state index in [4.69, 9.17) is 9.47 Å². The largest absolute Gasteiger partial charge is 0.497 e. The molecule has 1 N–H and O–H groups in total. The first-order valence-electron chi connectivity index (χ1n) is 10.9. The Morgan fingerprint density at radius 1 is 1.00 bits per heavy atom. The number of pyridine rings is 2. The van der Waals surface area contributed by atoms with Gasteiger partial charge in [0.2, 0.25) is 11.8 Å². The fourth-order valence-electron chi connectivity index (χ4n) is 3.71. The molecule has 1 saturated heterocycles. The lowest BCUT2D eigenvalue weighted by Gasteiger charge is -2.32. The summed E-state index contributed by atoms with van der Waals surface area (Å²) >= 11 is 0. The second-order valence-corrected chi connectivity index (χ2v) is 7.68. The van der Waals surface area contributed by atoms with Crippen LogP contribution in [0, 0.1) is 0 Å². The monoisotopic (exact) mass is 446 g/mol. The average Bonchev–Trinajstić information content (AvgIpc) is 2.88. The zero-order chi connectivity index (χ0) is 23.0. The van der Waals surface area contributed by atoms with E-state index >= 15 is 0 Å². The molecule has 170 valence electrons. The highest BCUT2D eigenvalue weighted by Crippen LogP contribution is 2.20. The maximum absolute atomic E-state index is 13.0. The van der Waals surface area contributed by atoms with Gasteiger partial charge in [0.15, 0.2) is 5.78 Å². The molecular formula is C25H26N4O4. The number of nitrogens with zero attached hydrogens (tertiary/aromatic N) is 3. The van der Waals surface area contributed by atoms with Crippen LogP contribution < -0.4 is 14.8 Å². The number of anilines is 1. The predicted molar refractivity (Wildman–Crippen MR) is 124 cm³/mol. The Kier molecular flexibility index (Phi) is 7.14. The van der Waals surface area contributed by atoms with Crippen LogP contribution in [-0.2, 0) is 4.79 Å². The van der Waals surface area contributed by atoms with Crippen LogP contribution in [0.1, 0.15) is 28.8 Å². The van der Waals surface area contributed by atoms with Crippen LogP contribution in [0.2, 0.25) is 0 Å². The van der Waals surface area contributed by atoms with Gasteiger partial charge in [-0.15, -0.1) is 0 Å². The number of carbonyl (C=O) groups is 2. The molecule has 3 aromatic rings. The highest BCUT2D eigenvalue weighted by atomic mass is 16.5. The van der Waals surface area contributed by atoms with Crippen molar-refractivity contribution in [1.82, 2.24) is 14.9 Å². The number of ketones is 1. The summed E-state index contributed by atoms with van der Waals surface area (Å²) in [6.45, 7) is 1.28. The van der Waals surface area contributed by atoms with Crippen LogP contribution >= 0.6 is 0 Å². The Morgan fingerprint density at radius 3 is 2.45 bits per heavy atom. The Balaban J connectivity index is 1.32. The van der Waals surface area contributed by atoms with Gasteiger partial charge in [0, 0.05) is 50.0 Å². The first-order valence-corrected chi connectivity index (χ1v) is 10.9. The molecule has 1 aromatic carbocycles. The van der Waals surface area contributed by atoms with Crippen LogP contribution in [0.4, 0.5) is 5.82 Å². The normalized spacial score (nSPS) is 13.9. The van der Waals surface area contributed by atoms with Crippen molar-refractivity contribution >= 4 is 17.5 Å². The lowest BCUT2D eigenvalue weighted by atomic mass is 10.0. The number of hydrogen-bond acceptors (Lipinski definition) is 7. The van der Waals surface area contributed by atoms with Crippen LogP contribution in [-0.4, -0.2) is 59.4 Å². The van der Waals surface area contributed by atoms with Crippen molar-refractivity contribution in [2.45, 2.75) is 18.9 Å². The molecule has 2 aromatic heterocycles. The summed E-state index contributed by atoms with van der Waals surface area (Å²) in [5, 5.41) is 3.05. The maximum atomic E-state index is 13.0. The van der Waals surface area contributed by atoms with E-state index in [0.717, 1.165) is 12.8 Å². The summed E-state index contributed by atoms with van der Waals surface area (Å²) in [7, 11) is 1.58. The van der Waals surface area contributed by atoms with Crippen LogP contribution in [0.3, 0.4) is 0 Å². The number of hydrogen-bond donors (Lipinski definition) is 1. The average molecular weight is 447 g/mol. The summed E-state index contributed by atoms with van der Waals surface area (Å²) in [5.74, 6) is 1.46. The molecule has 0 radical (unpaired) electrons. The van der Waals surface area contributed by atoms with Gasteiger partial charge >= 0.3 is 0 Å². The van der Waals surface area contributed by atoms with Crippen LogP contribution in [0.15, 0.2) is 67.0 Å². The smallest absolute Gasteiger partial charge is 0.241 e. The molecule has 1 amide bonds. The van der Waals surface area contributed by atoms with Crippen molar-refractivity contribution in [2.75, 3.05) is 32.1 Å². The first kappa shape index (κ1) is 22.3. The zero-order valence-electron chi connectivity index (χ0n) is 18.4. The predicted octanol–water partition coefficient (Wildman–Crippen LogP) is 3.20. The molecular weight excluding hydrogens is 420 g/mol. The summed E-state index contributed by atoms with van der Waals surface area (Å²) in [6.07, 6.45) is 4.82. The molecule has 0 aliphatic carbocycles. The number of piperidine rings is 1. The Labute approximate surface area is 192 Å². The number of nitrogens with one attached hydrogen (secondary N) is 1. The second-order valence-electron chi connectivity index (χ2n) is 7.68. The van der Waals surface area contributed by atoms with Gasteiger partial charge in [-0.05, 0) is 42.5 Å². The van der Waals surface area contributed by atoms with Crippen molar-refractivity contribution in [3.63, 3.8) is 0 Å². The van der Waals surface area contributed by atoms with Crippen LogP contribution in [0.25, 0.3) is 0 Å². The first-order chi connectivity index (χ1) is 16.1. The number of aromatic nitrogens is 2. The van der Waals surface area contributed by atoms with Gasteiger partial charge in [-0.1, -0.05) is 6.07 Å². The zero-order valence-corrected chi connectivity index (χ0v) is 18.4. The summed E-state index contributed by atoms with van der Waals surface area (Å²) in [6, 6.07) is 15.9. The second kappa shape index (κ2) is 10.6. The number of benzene rings is 1. The lowest BCUT2D eigenvalue weighted by molar-refractivity contribution is -0.131. The molecule has 33 heavy (non-hydrogen) atoms. The minimum absolute atomic E-state index is 0.0419. The Hall–Kier alpha value is -3.94. The van der Waals surface area contributed by atoms with Gasteiger partial charge in [-0.25, -0.2) is 9.97 Å². The summed E-state index contributed by atoms with van der Waals surface area (Å²) in [4.78, 5) is 36.0. The highest BCUT2D eigenvalue weighted by Gasteiger charge is 2.24. The van der Waals surface area contributed by atoms with Crippen LogP contribution in [0.5, 0.6) is 11.6 Å². The quantitative estimate of drug-likeness (QED) is 0.531. The van der Waals surface area contributed by atoms with Gasteiger partial charge in [0.25, 0.3) is 0 Å². The number of likely N-dealkylation sites (tertiary alicyclic amines) is 1. The standard InChI is InChI=1S/C25H26N4O4/c1-32-19-9-7-18(8-10-19)24(31)21-5-4-14-27-25(21)28-17-23(30)29-15-11-20(12-16-29)33-22-6-2-3-13-26-22/h2-10,13-14,20H,11-12,15-17H2,1H3,(H,27,28). The van der Waals surface area contributed by atoms with Gasteiger partial charge in [-0.3, -0.25) is 9.59 Å². The molecule has 4 rings (SSSR count). The molecule has 3 heterocycles. The van der Waals surface area contributed by atoms with E-state index < -0.39 is 0 Å². The number of amides is 1. The van der Waals surface area contributed by atoms with E-state index in [0.29, 0.717) is 41.7 Å². The number of ether oxygens (including phenoxy) is 2. The van der Waals surface area contributed by atoms with E-state index in [1.165, 1.54) is 0 Å². The highest BCUT2D eigenvalue weighted by molar-refractivity contribution is 6.12. The molecule has 1 aliphatic heterocycles. The molecule has 0 bridgehead atoms. The Morgan fingerprint density at radius 2 is 1.76 bits per heavy atom. The lowest BCUT2D eigenvalue weighted by Crippen LogP contribution is -2.44. The van der Waals surface area contributed by atoms with E-state index in [-0.39, 0.29) is 24.3 Å². The van der Waals surface area contributed by atoms with Gasteiger partial charge < -0.3 is 19.7 Å².